The van der Waals surface area contributed by atoms with Crippen molar-refractivity contribution in [1.29, 1.82) is 5.26 Å². The number of methoxy groups -OCH3 is 1. The molecule has 0 spiro atoms. The summed E-state index contributed by atoms with van der Waals surface area (Å²) in [7, 11) is 1.39. The maximum absolute atomic E-state index is 11.2. The van der Waals surface area contributed by atoms with Crippen LogP contribution in [0.5, 0.6) is 17.5 Å². The molecule has 20 heavy (non-hydrogen) atoms. The van der Waals surface area contributed by atoms with Gasteiger partial charge in [0.15, 0.2) is 11.5 Å². The van der Waals surface area contributed by atoms with Gasteiger partial charge in [-0.1, -0.05) is 6.07 Å². The summed E-state index contributed by atoms with van der Waals surface area (Å²) >= 11 is 0. The van der Waals surface area contributed by atoms with Gasteiger partial charge in [-0.3, -0.25) is 0 Å². The molecular formula is C13H9N3O4. The average Bonchev–Trinajstić information content (AvgIpc) is 2.47. The van der Waals surface area contributed by atoms with Gasteiger partial charge < -0.3 is 14.6 Å². The van der Waals surface area contributed by atoms with E-state index in [2.05, 4.69) is 9.97 Å². The van der Waals surface area contributed by atoms with Crippen LogP contribution >= 0.6 is 0 Å². The number of hydrogen-bond donors (Lipinski definition) is 1. The van der Waals surface area contributed by atoms with Crippen LogP contribution in [0.3, 0.4) is 0 Å². The van der Waals surface area contributed by atoms with Crippen molar-refractivity contribution in [3.8, 4) is 23.6 Å². The third-order valence-corrected chi connectivity index (χ3v) is 2.37. The van der Waals surface area contributed by atoms with Crippen LogP contribution in [0.1, 0.15) is 16.1 Å². The number of nitrogens with zero attached hydrogens (tertiary/aromatic N) is 3. The number of carboxylic acid groups (broad SMARTS) is 1. The van der Waals surface area contributed by atoms with Crippen LogP contribution < -0.4 is 9.47 Å². The maximum atomic E-state index is 11.2. The zero-order chi connectivity index (χ0) is 14.5. The zero-order valence-corrected chi connectivity index (χ0v) is 10.4. The monoisotopic (exact) mass is 271 g/mol. The minimum atomic E-state index is -1.17. The molecule has 7 nitrogen and oxygen atoms in total. The largest absolute Gasteiger partial charge is 0.493 e. The Morgan fingerprint density at radius 2 is 2.20 bits per heavy atom. The summed E-state index contributed by atoms with van der Waals surface area (Å²) in [5.74, 6) is -0.955. The lowest BCUT2D eigenvalue weighted by Crippen LogP contribution is -2.03. The van der Waals surface area contributed by atoms with Gasteiger partial charge in [0.1, 0.15) is 17.3 Å². The predicted octanol–water partition coefficient (Wildman–Crippen LogP) is 1.85. The minimum absolute atomic E-state index is 0.0161. The van der Waals surface area contributed by atoms with Crippen LogP contribution in [-0.4, -0.2) is 28.2 Å². The molecule has 0 atom stereocenters. The maximum Gasteiger partial charge on any atom is 0.339 e. The molecule has 1 aromatic carbocycles. The molecule has 1 heterocycles. The standard InChI is InChI=1S/C13H9N3O4/c1-19-10-4-2-3-9(12(17)18)11(10)20-13-15-6-5-8(7-14)16-13/h2-6H,1H3,(H,17,18). The molecule has 0 amide bonds. The Bertz CT molecular complexity index is 694. The van der Waals surface area contributed by atoms with Crippen molar-refractivity contribution in [2.75, 3.05) is 7.11 Å². The van der Waals surface area contributed by atoms with E-state index in [9.17, 15) is 4.79 Å². The fraction of sp³-hybridized carbons (Fsp3) is 0.0769. The lowest BCUT2D eigenvalue weighted by molar-refractivity contribution is 0.0693. The van der Waals surface area contributed by atoms with E-state index in [0.717, 1.165) is 0 Å². The highest BCUT2D eigenvalue weighted by atomic mass is 16.5. The molecule has 1 aromatic heterocycles. The third kappa shape index (κ3) is 2.64. The topological polar surface area (TPSA) is 105 Å². The van der Waals surface area contributed by atoms with Crippen molar-refractivity contribution in [1.82, 2.24) is 9.97 Å². The number of carboxylic acids is 1. The second-order valence-electron chi connectivity index (χ2n) is 3.58. The van der Waals surface area contributed by atoms with E-state index in [-0.39, 0.29) is 28.8 Å². The van der Waals surface area contributed by atoms with Crippen LogP contribution in [-0.2, 0) is 0 Å². The van der Waals surface area contributed by atoms with Gasteiger partial charge in [0.05, 0.1) is 7.11 Å². The second kappa shape index (κ2) is 5.67. The molecule has 2 rings (SSSR count). The highest BCUT2D eigenvalue weighted by molar-refractivity contribution is 5.92. The van der Waals surface area contributed by atoms with Gasteiger partial charge in [-0.25, -0.2) is 9.78 Å². The number of benzene rings is 1. The van der Waals surface area contributed by atoms with Crippen molar-refractivity contribution >= 4 is 5.97 Å². The summed E-state index contributed by atoms with van der Waals surface area (Å²) in [6, 6.07) is 7.57. The minimum Gasteiger partial charge on any atom is -0.493 e. The van der Waals surface area contributed by atoms with Crippen LogP contribution in [0.25, 0.3) is 0 Å². The van der Waals surface area contributed by atoms with E-state index in [0.29, 0.717) is 0 Å². The fourth-order valence-corrected chi connectivity index (χ4v) is 1.49. The molecule has 100 valence electrons. The molecule has 1 N–H and O–H groups in total. The van der Waals surface area contributed by atoms with Gasteiger partial charge >= 0.3 is 12.0 Å². The van der Waals surface area contributed by atoms with Gasteiger partial charge in [0.25, 0.3) is 0 Å². The lowest BCUT2D eigenvalue weighted by Gasteiger charge is -2.11. The molecule has 0 unspecified atom stereocenters. The quantitative estimate of drug-likeness (QED) is 0.904. The first-order valence-electron chi connectivity index (χ1n) is 5.47. The molecule has 0 saturated carbocycles. The highest BCUT2D eigenvalue weighted by Gasteiger charge is 2.18. The molecule has 0 radical (unpaired) electrons. The predicted molar refractivity (Wildman–Crippen MR) is 66.8 cm³/mol. The highest BCUT2D eigenvalue weighted by Crippen LogP contribution is 2.33. The molecule has 0 aliphatic carbocycles. The SMILES string of the molecule is COc1cccc(C(=O)O)c1Oc1nccc(C#N)n1. The molecule has 7 heteroatoms. The number of rotatable bonds is 4. The van der Waals surface area contributed by atoms with E-state index in [4.69, 9.17) is 19.8 Å². The van der Waals surface area contributed by atoms with E-state index >= 15 is 0 Å². The average molecular weight is 271 g/mol. The second-order valence-corrected chi connectivity index (χ2v) is 3.58. The Kier molecular flexibility index (Phi) is 3.77. The van der Waals surface area contributed by atoms with Gasteiger partial charge in [0.2, 0.25) is 0 Å². The number of aromatic nitrogens is 2. The Balaban J connectivity index is 2.46. The van der Waals surface area contributed by atoms with E-state index in [1.165, 1.54) is 31.5 Å². The van der Waals surface area contributed by atoms with Gasteiger partial charge in [-0.2, -0.15) is 10.2 Å². The molecule has 2 aromatic rings. The first-order valence-corrected chi connectivity index (χ1v) is 5.47. The smallest absolute Gasteiger partial charge is 0.339 e. The summed E-state index contributed by atoms with van der Waals surface area (Å²) in [6.45, 7) is 0. The molecule has 0 fully saturated rings. The Morgan fingerprint density at radius 3 is 2.85 bits per heavy atom. The first-order chi connectivity index (χ1) is 9.65. The van der Waals surface area contributed by atoms with Gasteiger partial charge in [-0.15, -0.1) is 0 Å². The van der Waals surface area contributed by atoms with Crippen molar-refractivity contribution in [2.45, 2.75) is 0 Å². The van der Waals surface area contributed by atoms with E-state index in [1.807, 2.05) is 6.07 Å². The Hall–Kier alpha value is -3.14. The van der Waals surface area contributed by atoms with Crippen molar-refractivity contribution in [2.24, 2.45) is 0 Å². The van der Waals surface area contributed by atoms with Crippen molar-refractivity contribution in [3.05, 3.63) is 41.7 Å². The van der Waals surface area contributed by atoms with Crippen molar-refractivity contribution in [3.63, 3.8) is 0 Å². The summed E-state index contributed by atoms with van der Waals surface area (Å²) in [5, 5.41) is 17.9. The number of hydrogen-bond acceptors (Lipinski definition) is 6. The molecule has 0 aliphatic heterocycles. The van der Waals surface area contributed by atoms with Crippen molar-refractivity contribution < 1.29 is 19.4 Å². The number of para-hydroxylation sites is 1. The number of carbonyl (C=O) groups is 1. The lowest BCUT2D eigenvalue weighted by atomic mass is 10.2. The Morgan fingerprint density at radius 1 is 1.40 bits per heavy atom. The fourth-order valence-electron chi connectivity index (χ4n) is 1.49. The summed E-state index contributed by atoms with van der Waals surface area (Å²) in [6.07, 6.45) is 1.34. The summed E-state index contributed by atoms with van der Waals surface area (Å²) in [4.78, 5) is 18.8. The number of aromatic carboxylic acids is 1. The zero-order valence-electron chi connectivity index (χ0n) is 10.4. The van der Waals surface area contributed by atoms with Gasteiger partial charge in [-0.05, 0) is 18.2 Å². The number of ether oxygens (including phenoxy) is 2. The van der Waals surface area contributed by atoms with Crippen LogP contribution in [0.2, 0.25) is 0 Å². The molecule has 0 bridgehead atoms. The Labute approximate surface area is 114 Å². The normalized spacial score (nSPS) is 9.60. The molecular weight excluding hydrogens is 262 g/mol. The molecule has 0 saturated heterocycles. The molecule has 0 aliphatic rings. The third-order valence-electron chi connectivity index (χ3n) is 2.37. The van der Waals surface area contributed by atoms with E-state index < -0.39 is 5.97 Å². The summed E-state index contributed by atoms with van der Waals surface area (Å²) in [5.41, 5.74) is 0.0251. The van der Waals surface area contributed by atoms with Crippen LogP contribution in [0.4, 0.5) is 0 Å². The van der Waals surface area contributed by atoms with Crippen LogP contribution in [0.15, 0.2) is 30.5 Å². The first kappa shape index (κ1) is 13.3. The number of nitriles is 1. The van der Waals surface area contributed by atoms with Gasteiger partial charge in [0, 0.05) is 6.20 Å². The summed E-state index contributed by atoms with van der Waals surface area (Å²) < 4.78 is 10.4. The van der Waals surface area contributed by atoms with Crippen LogP contribution in [0, 0.1) is 11.3 Å². The van der Waals surface area contributed by atoms with E-state index in [1.54, 1.807) is 6.07 Å².